The average molecular weight is 374 g/mol. The normalized spacial score (nSPS) is 15.0. The highest BCUT2D eigenvalue weighted by molar-refractivity contribution is 5.88. The van der Waals surface area contributed by atoms with Crippen LogP contribution in [0.3, 0.4) is 0 Å². The molecular formula is C19H31N7O. The molecule has 3 rings (SSSR count). The SMILES string of the molecule is CCCCNC(=O)N1CCN(c2nc(C(C)C)nc3c(C)nn(C)c23)CC1. The third kappa shape index (κ3) is 3.99. The van der Waals surface area contributed by atoms with Crippen LogP contribution in [0.1, 0.15) is 51.0 Å². The van der Waals surface area contributed by atoms with E-state index in [0.717, 1.165) is 60.8 Å². The molecule has 2 aromatic heterocycles. The van der Waals surface area contributed by atoms with Gasteiger partial charge in [0.25, 0.3) is 0 Å². The fourth-order valence-corrected chi connectivity index (χ4v) is 3.42. The Kier molecular flexibility index (Phi) is 5.82. The molecule has 0 saturated carbocycles. The highest BCUT2D eigenvalue weighted by Crippen LogP contribution is 2.28. The maximum Gasteiger partial charge on any atom is 0.317 e. The second kappa shape index (κ2) is 8.10. The third-order valence-corrected chi connectivity index (χ3v) is 5.04. The summed E-state index contributed by atoms with van der Waals surface area (Å²) in [5.41, 5.74) is 2.82. The van der Waals surface area contributed by atoms with Crippen molar-refractivity contribution in [3.8, 4) is 0 Å². The first-order valence-corrected chi connectivity index (χ1v) is 9.91. The standard InChI is InChI=1S/C19H31N7O/c1-6-7-8-20-19(27)26-11-9-25(10-12-26)18-16-15(14(4)23-24(16)5)21-17(22-18)13(2)3/h13H,6-12H2,1-5H3,(H,20,27). The Balaban J connectivity index is 1.79. The molecule has 3 heterocycles. The molecule has 1 aliphatic rings. The number of piperazine rings is 1. The summed E-state index contributed by atoms with van der Waals surface area (Å²) < 4.78 is 1.87. The largest absolute Gasteiger partial charge is 0.351 e. The zero-order valence-corrected chi connectivity index (χ0v) is 17.1. The van der Waals surface area contributed by atoms with Crippen LogP contribution in [0.25, 0.3) is 11.0 Å². The quantitative estimate of drug-likeness (QED) is 0.815. The van der Waals surface area contributed by atoms with Crippen LogP contribution < -0.4 is 10.2 Å². The van der Waals surface area contributed by atoms with Crippen LogP contribution in [0.15, 0.2) is 0 Å². The van der Waals surface area contributed by atoms with Gasteiger partial charge in [-0.25, -0.2) is 14.8 Å². The highest BCUT2D eigenvalue weighted by atomic mass is 16.2. The number of amides is 2. The summed E-state index contributed by atoms with van der Waals surface area (Å²) in [6.45, 7) is 12.0. The molecule has 0 aliphatic carbocycles. The van der Waals surface area contributed by atoms with Crippen molar-refractivity contribution in [2.24, 2.45) is 7.05 Å². The molecule has 2 aromatic rings. The number of unbranched alkanes of at least 4 members (excludes halogenated alkanes) is 1. The third-order valence-electron chi connectivity index (χ3n) is 5.04. The molecule has 1 fully saturated rings. The Bertz CT molecular complexity index is 806. The number of hydrogen-bond donors (Lipinski definition) is 1. The molecule has 1 saturated heterocycles. The molecule has 2 amide bonds. The van der Waals surface area contributed by atoms with E-state index < -0.39 is 0 Å². The van der Waals surface area contributed by atoms with Gasteiger partial charge in [-0.2, -0.15) is 5.10 Å². The Morgan fingerprint density at radius 1 is 1.19 bits per heavy atom. The number of hydrogen-bond acceptors (Lipinski definition) is 5. The number of urea groups is 1. The van der Waals surface area contributed by atoms with Crippen molar-refractivity contribution in [1.29, 1.82) is 0 Å². The first-order valence-electron chi connectivity index (χ1n) is 9.91. The predicted octanol–water partition coefficient (Wildman–Crippen LogP) is 2.43. The van der Waals surface area contributed by atoms with Gasteiger partial charge in [0, 0.05) is 45.7 Å². The lowest BCUT2D eigenvalue weighted by atomic mass is 10.2. The van der Waals surface area contributed by atoms with E-state index in [-0.39, 0.29) is 11.9 Å². The molecule has 0 unspecified atom stereocenters. The number of carbonyl (C=O) groups excluding carboxylic acids is 1. The van der Waals surface area contributed by atoms with Crippen LogP contribution in [0.2, 0.25) is 0 Å². The van der Waals surface area contributed by atoms with Gasteiger partial charge in [0.2, 0.25) is 0 Å². The topological polar surface area (TPSA) is 79.2 Å². The number of nitrogens with one attached hydrogen (secondary N) is 1. The molecule has 0 bridgehead atoms. The average Bonchev–Trinajstić information content (AvgIpc) is 2.95. The monoisotopic (exact) mass is 373 g/mol. The lowest BCUT2D eigenvalue weighted by Crippen LogP contribution is -2.52. The van der Waals surface area contributed by atoms with Crippen molar-refractivity contribution >= 4 is 22.9 Å². The Morgan fingerprint density at radius 3 is 2.52 bits per heavy atom. The van der Waals surface area contributed by atoms with Gasteiger partial charge in [-0.3, -0.25) is 4.68 Å². The number of nitrogens with zero attached hydrogens (tertiary/aromatic N) is 6. The second-order valence-electron chi connectivity index (χ2n) is 7.53. The molecule has 8 nitrogen and oxygen atoms in total. The van der Waals surface area contributed by atoms with Crippen molar-refractivity contribution in [2.45, 2.75) is 46.5 Å². The predicted molar refractivity (Wildman–Crippen MR) is 107 cm³/mol. The Labute approximate surface area is 160 Å². The minimum absolute atomic E-state index is 0.0372. The zero-order chi connectivity index (χ0) is 19.6. The van der Waals surface area contributed by atoms with E-state index >= 15 is 0 Å². The van der Waals surface area contributed by atoms with E-state index in [1.165, 1.54) is 0 Å². The van der Waals surface area contributed by atoms with Crippen molar-refractivity contribution in [1.82, 2.24) is 30.0 Å². The molecule has 0 spiro atoms. The highest BCUT2D eigenvalue weighted by Gasteiger charge is 2.26. The van der Waals surface area contributed by atoms with Crippen LogP contribution in [0.5, 0.6) is 0 Å². The summed E-state index contributed by atoms with van der Waals surface area (Å²) in [6, 6.07) is 0.0372. The lowest BCUT2D eigenvalue weighted by molar-refractivity contribution is 0.194. The summed E-state index contributed by atoms with van der Waals surface area (Å²) in [4.78, 5) is 26.0. The van der Waals surface area contributed by atoms with Gasteiger partial charge in [0.15, 0.2) is 5.82 Å². The van der Waals surface area contributed by atoms with Crippen LogP contribution in [0, 0.1) is 6.92 Å². The van der Waals surface area contributed by atoms with E-state index in [9.17, 15) is 4.79 Å². The number of carbonyl (C=O) groups is 1. The molecule has 27 heavy (non-hydrogen) atoms. The van der Waals surface area contributed by atoms with Crippen LogP contribution >= 0.6 is 0 Å². The number of anilines is 1. The summed E-state index contributed by atoms with van der Waals surface area (Å²) in [7, 11) is 1.94. The van der Waals surface area contributed by atoms with E-state index in [1.54, 1.807) is 0 Å². The van der Waals surface area contributed by atoms with Gasteiger partial charge in [-0.15, -0.1) is 0 Å². The van der Waals surface area contributed by atoms with Gasteiger partial charge in [0.05, 0.1) is 5.69 Å². The molecule has 1 aliphatic heterocycles. The molecule has 0 radical (unpaired) electrons. The summed E-state index contributed by atoms with van der Waals surface area (Å²) >= 11 is 0. The molecular weight excluding hydrogens is 342 g/mol. The number of aromatic nitrogens is 4. The minimum atomic E-state index is 0.0372. The van der Waals surface area contributed by atoms with E-state index in [0.29, 0.717) is 13.1 Å². The van der Waals surface area contributed by atoms with E-state index in [4.69, 9.17) is 9.97 Å². The van der Waals surface area contributed by atoms with Gasteiger partial charge in [-0.1, -0.05) is 27.2 Å². The second-order valence-corrected chi connectivity index (χ2v) is 7.53. The van der Waals surface area contributed by atoms with Crippen LogP contribution in [-0.2, 0) is 7.05 Å². The van der Waals surface area contributed by atoms with Crippen LogP contribution in [0.4, 0.5) is 10.6 Å². The van der Waals surface area contributed by atoms with Crippen molar-refractivity contribution in [3.63, 3.8) is 0 Å². The van der Waals surface area contributed by atoms with Gasteiger partial charge in [0.1, 0.15) is 16.9 Å². The van der Waals surface area contributed by atoms with Gasteiger partial charge in [-0.05, 0) is 13.3 Å². The maximum atomic E-state index is 12.3. The maximum absolute atomic E-state index is 12.3. The lowest BCUT2D eigenvalue weighted by Gasteiger charge is -2.35. The van der Waals surface area contributed by atoms with Crippen molar-refractivity contribution in [2.75, 3.05) is 37.6 Å². The van der Waals surface area contributed by atoms with E-state index in [1.807, 2.05) is 23.6 Å². The molecule has 0 atom stereocenters. The summed E-state index contributed by atoms with van der Waals surface area (Å²) in [5.74, 6) is 2.02. The van der Waals surface area contributed by atoms with Crippen molar-refractivity contribution in [3.05, 3.63) is 11.5 Å². The minimum Gasteiger partial charge on any atom is -0.351 e. The first kappa shape index (κ1) is 19.4. The van der Waals surface area contributed by atoms with Crippen molar-refractivity contribution < 1.29 is 4.79 Å². The smallest absolute Gasteiger partial charge is 0.317 e. The molecule has 1 N–H and O–H groups in total. The Morgan fingerprint density at radius 2 is 1.89 bits per heavy atom. The molecule has 148 valence electrons. The fourth-order valence-electron chi connectivity index (χ4n) is 3.42. The van der Waals surface area contributed by atoms with Crippen LogP contribution in [-0.4, -0.2) is 63.4 Å². The van der Waals surface area contributed by atoms with E-state index in [2.05, 4.69) is 36.1 Å². The number of aryl methyl sites for hydroxylation is 2. The molecule has 8 heteroatoms. The van der Waals surface area contributed by atoms with Gasteiger partial charge < -0.3 is 15.1 Å². The first-order chi connectivity index (χ1) is 12.9. The molecule has 0 aromatic carbocycles. The van der Waals surface area contributed by atoms with Gasteiger partial charge >= 0.3 is 6.03 Å². The summed E-state index contributed by atoms with van der Waals surface area (Å²) in [5, 5.41) is 7.55. The number of rotatable bonds is 5. The number of fused-ring (bicyclic) bond motifs is 1. The summed E-state index contributed by atoms with van der Waals surface area (Å²) in [6.07, 6.45) is 2.10. The fraction of sp³-hybridized carbons (Fsp3) is 0.684. The Hall–Kier alpha value is -2.38. The zero-order valence-electron chi connectivity index (χ0n) is 17.1.